The Labute approximate surface area is 209 Å². The van der Waals surface area contributed by atoms with Crippen LogP contribution in [0.4, 0.5) is 25.4 Å². The Hall–Kier alpha value is -2.98. The van der Waals surface area contributed by atoms with Crippen molar-refractivity contribution >= 4 is 53.7 Å². The molecule has 1 atom stereocenters. The number of hydrogen-bond donors (Lipinski definition) is 1. The van der Waals surface area contributed by atoms with Gasteiger partial charge in [0.2, 0.25) is 5.91 Å². The molecule has 2 aromatic carbocycles. The van der Waals surface area contributed by atoms with Gasteiger partial charge in [-0.3, -0.25) is 14.5 Å². The lowest BCUT2D eigenvalue weighted by Gasteiger charge is -2.22. The summed E-state index contributed by atoms with van der Waals surface area (Å²) in [6.07, 6.45) is -1.13. The van der Waals surface area contributed by atoms with Gasteiger partial charge in [-0.25, -0.2) is 9.18 Å². The van der Waals surface area contributed by atoms with Crippen molar-refractivity contribution in [2.45, 2.75) is 19.6 Å². The quantitative estimate of drug-likeness (QED) is 0.577. The summed E-state index contributed by atoms with van der Waals surface area (Å²) in [6, 6.07) is 14.1. The molecular formula is C23H26ClFN4O4S. The van der Waals surface area contributed by atoms with Crippen LogP contribution in [0.5, 0.6) is 0 Å². The zero-order chi connectivity index (χ0) is 23.5. The number of cyclic esters (lactones) is 1. The van der Waals surface area contributed by atoms with Crippen LogP contribution >= 0.6 is 25.0 Å². The minimum absolute atomic E-state index is 0. The van der Waals surface area contributed by atoms with Crippen LogP contribution in [-0.4, -0.2) is 66.0 Å². The number of carbonyl (C=O) groups excluding carboxylic acids is 3. The lowest BCUT2D eigenvalue weighted by atomic mass is 10.2. The van der Waals surface area contributed by atoms with Gasteiger partial charge >= 0.3 is 6.09 Å². The first-order valence-electron chi connectivity index (χ1n) is 10.7. The number of carbonyl (C=O) groups is 3. The summed E-state index contributed by atoms with van der Waals surface area (Å²) in [4.78, 5) is 42.4. The molecule has 3 amide bonds. The predicted molar refractivity (Wildman–Crippen MR) is 132 cm³/mol. The molecule has 182 valence electrons. The number of halogens is 2. The fourth-order valence-electron chi connectivity index (χ4n) is 4.04. The molecule has 2 aliphatic rings. The van der Waals surface area contributed by atoms with Gasteiger partial charge in [0.1, 0.15) is 11.9 Å². The molecule has 0 spiro atoms. The van der Waals surface area contributed by atoms with Crippen LogP contribution in [0.1, 0.15) is 12.5 Å². The van der Waals surface area contributed by atoms with E-state index in [4.69, 9.17) is 4.74 Å². The molecule has 0 aliphatic carbocycles. The van der Waals surface area contributed by atoms with Gasteiger partial charge in [-0.15, -0.1) is 12.4 Å². The molecule has 4 rings (SSSR count). The number of nitrogens with zero attached hydrogens (tertiary/aromatic N) is 4. The second-order valence-electron chi connectivity index (χ2n) is 7.99. The Morgan fingerprint density at radius 2 is 1.94 bits per heavy atom. The summed E-state index contributed by atoms with van der Waals surface area (Å²) in [6.45, 7) is 3.48. The Morgan fingerprint density at radius 3 is 2.59 bits per heavy atom. The monoisotopic (exact) mass is 508 g/mol. The predicted octanol–water partition coefficient (Wildman–Crippen LogP) is 3.75. The maximum atomic E-state index is 15.0. The lowest BCUT2D eigenvalue weighted by molar-refractivity contribution is -0.127. The first kappa shape index (κ1) is 25.6. The van der Waals surface area contributed by atoms with E-state index in [9.17, 15) is 14.4 Å². The van der Waals surface area contributed by atoms with E-state index in [2.05, 4.69) is 12.6 Å². The van der Waals surface area contributed by atoms with Crippen molar-refractivity contribution in [1.29, 1.82) is 0 Å². The van der Waals surface area contributed by atoms with Crippen LogP contribution in [0.3, 0.4) is 0 Å². The summed E-state index contributed by atoms with van der Waals surface area (Å²) in [5.41, 5.74) is 1.66. The van der Waals surface area contributed by atoms with Gasteiger partial charge in [0.25, 0.3) is 5.24 Å². The highest BCUT2D eigenvalue weighted by Gasteiger charge is 2.35. The first-order valence-corrected chi connectivity index (χ1v) is 11.1. The highest BCUT2D eigenvalue weighted by molar-refractivity contribution is 7.96. The zero-order valence-corrected chi connectivity index (χ0v) is 20.3. The number of anilines is 2. The number of likely N-dealkylation sites (N-methyl/N-ethyl adjacent to an activating group) is 1. The molecule has 0 bridgehead atoms. The van der Waals surface area contributed by atoms with E-state index in [0.717, 1.165) is 5.56 Å². The molecule has 2 heterocycles. The zero-order valence-electron chi connectivity index (χ0n) is 18.6. The molecule has 0 saturated carbocycles. The average Bonchev–Trinajstić information content (AvgIpc) is 3.34. The number of thiol groups is 1. The smallest absolute Gasteiger partial charge is 0.414 e. The molecule has 0 unspecified atom stereocenters. The topological polar surface area (TPSA) is 73.4 Å². The van der Waals surface area contributed by atoms with Crippen molar-refractivity contribution in [3.63, 3.8) is 0 Å². The fraction of sp³-hybridized carbons (Fsp3) is 0.348. The number of ether oxygens (including phenoxy) is 1. The number of benzene rings is 2. The highest BCUT2D eigenvalue weighted by Crippen LogP contribution is 2.30. The van der Waals surface area contributed by atoms with Crippen molar-refractivity contribution < 1.29 is 23.5 Å². The summed E-state index contributed by atoms with van der Waals surface area (Å²) in [5.74, 6) is -0.605. The third kappa shape index (κ3) is 5.56. The molecule has 2 aromatic rings. The van der Waals surface area contributed by atoms with Gasteiger partial charge in [0, 0.05) is 13.1 Å². The Balaban J connectivity index is 0.00000324. The van der Waals surface area contributed by atoms with Crippen molar-refractivity contribution in [1.82, 2.24) is 9.80 Å². The number of rotatable bonds is 7. The Bertz CT molecular complexity index is 1060. The largest absolute Gasteiger partial charge is 0.442 e. The minimum Gasteiger partial charge on any atom is -0.442 e. The fourth-order valence-corrected chi connectivity index (χ4v) is 4.26. The molecule has 11 heteroatoms. The first-order chi connectivity index (χ1) is 15.9. The van der Waals surface area contributed by atoms with Crippen LogP contribution in [0.2, 0.25) is 0 Å². The Kier molecular flexibility index (Phi) is 8.27. The molecule has 0 radical (unpaired) electrons. The normalized spacial score (nSPS) is 17.6. The molecule has 34 heavy (non-hydrogen) atoms. The maximum Gasteiger partial charge on any atom is 0.414 e. The van der Waals surface area contributed by atoms with Crippen LogP contribution in [0.25, 0.3) is 0 Å². The summed E-state index contributed by atoms with van der Waals surface area (Å²) >= 11 is 3.82. The van der Waals surface area contributed by atoms with E-state index in [-0.39, 0.29) is 44.6 Å². The molecule has 2 aliphatic heterocycles. The van der Waals surface area contributed by atoms with Crippen LogP contribution < -0.4 is 9.80 Å². The van der Waals surface area contributed by atoms with Gasteiger partial charge in [-0.05, 0) is 30.7 Å². The highest BCUT2D eigenvalue weighted by atomic mass is 35.5. The van der Waals surface area contributed by atoms with Crippen molar-refractivity contribution in [3.8, 4) is 0 Å². The standard InChI is InChI=1S/C23H25FN4O4S.ClH/c1-2-25(23(31)33)12-18-13-28(22(30)32-18)17-8-9-20(19(24)10-17)26-14-21(29)27(15-26)11-16-6-4-3-5-7-16;/h3-10,18H,2,11-15H2,1H3,(H,31,33);1H/t18-;/m1./s1. The van der Waals surface area contributed by atoms with E-state index in [0.29, 0.717) is 24.5 Å². The molecule has 2 fully saturated rings. The van der Waals surface area contributed by atoms with Crippen LogP contribution in [0, 0.1) is 5.82 Å². The SMILES string of the molecule is CCN(C[C@@H]1CN(c2ccc(N3CC(=O)N(Cc4ccccc4)C3)c(F)c2)C(=O)O1)C(=O)S.Cl. The van der Waals surface area contributed by atoms with Crippen molar-refractivity contribution in [3.05, 3.63) is 59.9 Å². The van der Waals surface area contributed by atoms with Crippen molar-refractivity contribution in [2.24, 2.45) is 0 Å². The molecule has 2 saturated heterocycles. The summed E-state index contributed by atoms with van der Waals surface area (Å²) < 4.78 is 20.4. The molecule has 0 N–H and O–H groups in total. The maximum absolute atomic E-state index is 15.0. The Morgan fingerprint density at radius 1 is 1.21 bits per heavy atom. The van der Waals surface area contributed by atoms with E-state index in [1.54, 1.807) is 28.9 Å². The van der Waals surface area contributed by atoms with E-state index in [1.807, 2.05) is 30.3 Å². The van der Waals surface area contributed by atoms with Gasteiger partial charge in [-0.2, -0.15) is 0 Å². The molecule has 0 aromatic heterocycles. The average molecular weight is 509 g/mol. The minimum atomic E-state index is -0.597. The van der Waals surface area contributed by atoms with Crippen molar-refractivity contribution in [2.75, 3.05) is 42.6 Å². The number of hydrogen-bond acceptors (Lipinski definition) is 5. The van der Waals surface area contributed by atoms with E-state index in [1.165, 1.54) is 15.9 Å². The van der Waals surface area contributed by atoms with Gasteiger partial charge in [-0.1, -0.05) is 43.0 Å². The summed E-state index contributed by atoms with van der Waals surface area (Å²) in [7, 11) is 0. The summed E-state index contributed by atoms with van der Waals surface area (Å²) in [5, 5.41) is -0.399. The lowest BCUT2D eigenvalue weighted by Crippen LogP contribution is -2.36. The van der Waals surface area contributed by atoms with E-state index < -0.39 is 23.3 Å². The van der Waals surface area contributed by atoms with E-state index >= 15 is 4.39 Å². The van der Waals surface area contributed by atoms with Gasteiger partial charge < -0.3 is 19.4 Å². The second kappa shape index (κ2) is 11.0. The molecular weight excluding hydrogens is 483 g/mol. The van der Waals surface area contributed by atoms with Gasteiger partial charge in [0.15, 0.2) is 0 Å². The second-order valence-corrected chi connectivity index (χ2v) is 8.37. The molecule has 8 nitrogen and oxygen atoms in total. The third-order valence-corrected chi connectivity index (χ3v) is 6.05. The van der Waals surface area contributed by atoms with Gasteiger partial charge in [0.05, 0.1) is 37.7 Å². The third-order valence-electron chi connectivity index (χ3n) is 5.77. The van der Waals surface area contributed by atoms with Crippen LogP contribution in [-0.2, 0) is 16.1 Å². The number of amides is 3. The van der Waals surface area contributed by atoms with Crippen LogP contribution in [0.15, 0.2) is 48.5 Å².